The first-order chi connectivity index (χ1) is 8.66. The van der Waals surface area contributed by atoms with Gasteiger partial charge >= 0.3 is 0 Å². The highest BCUT2D eigenvalue weighted by atomic mass is 16.2. The third-order valence-electron chi connectivity index (χ3n) is 4.26. The van der Waals surface area contributed by atoms with E-state index in [0.29, 0.717) is 11.9 Å². The van der Waals surface area contributed by atoms with Gasteiger partial charge in [0.15, 0.2) is 0 Å². The lowest BCUT2D eigenvalue weighted by atomic mass is 9.94. The van der Waals surface area contributed by atoms with Crippen LogP contribution in [0.15, 0.2) is 0 Å². The molecule has 1 N–H and O–H groups in total. The SMILES string of the molecule is CC(C)N(CC1CC1)C(=O)CCC1CCCNC1. The van der Waals surface area contributed by atoms with Gasteiger partial charge < -0.3 is 10.2 Å². The molecule has 3 nitrogen and oxygen atoms in total. The number of nitrogens with zero attached hydrogens (tertiary/aromatic N) is 1. The van der Waals surface area contributed by atoms with Gasteiger partial charge in [-0.15, -0.1) is 0 Å². The lowest BCUT2D eigenvalue weighted by Crippen LogP contribution is -2.39. The van der Waals surface area contributed by atoms with E-state index in [-0.39, 0.29) is 0 Å². The van der Waals surface area contributed by atoms with Gasteiger partial charge in [-0.25, -0.2) is 0 Å². The highest BCUT2D eigenvalue weighted by Crippen LogP contribution is 2.30. The minimum atomic E-state index is 0.364. The summed E-state index contributed by atoms with van der Waals surface area (Å²) < 4.78 is 0. The Morgan fingerprint density at radius 2 is 2.06 bits per heavy atom. The van der Waals surface area contributed by atoms with Gasteiger partial charge in [0, 0.05) is 19.0 Å². The van der Waals surface area contributed by atoms with Crippen LogP contribution in [0.1, 0.15) is 52.4 Å². The quantitative estimate of drug-likeness (QED) is 0.787. The van der Waals surface area contributed by atoms with E-state index in [4.69, 9.17) is 0 Å². The molecule has 1 saturated carbocycles. The summed E-state index contributed by atoms with van der Waals surface area (Å²) in [4.78, 5) is 14.4. The predicted molar refractivity (Wildman–Crippen MR) is 74.4 cm³/mol. The fraction of sp³-hybridized carbons (Fsp3) is 0.933. The molecule has 2 fully saturated rings. The van der Waals surface area contributed by atoms with Crippen LogP contribution < -0.4 is 5.32 Å². The number of rotatable bonds is 6. The van der Waals surface area contributed by atoms with E-state index >= 15 is 0 Å². The first kappa shape index (κ1) is 13.9. The van der Waals surface area contributed by atoms with Gasteiger partial charge in [0.25, 0.3) is 0 Å². The molecule has 1 amide bonds. The second-order valence-electron chi connectivity index (χ2n) is 6.33. The maximum Gasteiger partial charge on any atom is 0.222 e. The Morgan fingerprint density at radius 1 is 1.28 bits per heavy atom. The van der Waals surface area contributed by atoms with Crippen molar-refractivity contribution in [1.82, 2.24) is 10.2 Å². The number of piperidine rings is 1. The van der Waals surface area contributed by atoms with Gasteiger partial charge in [-0.2, -0.15) is 0 Å². The number of carbonyl (C=O) groups excluding carboxylic acids is 1. The van der Waals surface area contributed by atoms with Crippen molar-refractivity contribution in [1.29, 1.82) is 0 Å². The first-order valence-corrected chi connectivity index (χ1v) is 7.67. The second-order valence-corrected chi connectivity index (χ2v) is 6.33. The average molecular weight is 252 g/mol. The maximum atomic E-state index is 12.3. The molecule has 104 valence electrons. The Morgan fingerprint density at radius 3 is 2.61 bits per heavy atom. The molecule has 1 aliphatic carbocycles. The standard InChI is InChI=1S/C15H28N2O/c1-12(2)17(11-14-5-6-14)15(18)8-7-13-4-3-9-16-10-13/h12-14,16H,3-11H2,1-2H3. The molecule has 3 heteroatoms. The van der Waals surface area contributed by atoms with Crippen molar-refractivity contribution in [2.45, 2.75) is 58.4 Å². The molecule has 0 radical (unpaired) electrons. The smallest absolute Gasteiger partial charge is 0.222 e. The van der Waals surface area contributed by atoms with E-state index in [1.54, 1.807) is 0 Å². The van der Waals surface area contributed by atoms with E-state index in [9.17, 15) is 4.79 Å². The lowest BCUT2D eigenvalue weighted by Gasteiger charge is -2.28. The van der Waals surface area contributed by atoms with Crippen molar-refractivity contribution in [2.75, 3.05) is 19.6 Å². The van der Waals surface area contributed by atoms with Crippen LogP contribution in [0, 0.1) is 11.8 Å². The van der Waals surface area contributed by atoms with Crippen LogP contribution in [0.4, 0.5) is 0 Å². The zero-order valence-electron chi connectivity index (χ0n) is 12.0. The molecular formula is C15H28N2O. The Labute approximate surface area is 111 Å². The summed E-state index contributed by atoms with van der Waals surface area (Å²) in [5.41, 5.74) is 0. The fourth-order valence-corrected chi connectivity index (χ4v) is 2.82. The Balaban J connectivity index is 1.73. The first-order valence-electron chi connectivity index (χ1n) is 7.67. The number of nitrogens with one attached hydrogen (secondary N) is 1. The average Bonchev–Trinajstić information content (AvgIpc) is 3.18. The molecule has 0 aromatic carbocycles. The largest absolute Gasteiger partial charge is 0.340 e. The van der Waals surface area contributed by atoms with Crippen molar-refractivity contribution in [2.24, 2.45) is 11.8 Å². The van der Waals surface area contributed by atoms with Crippen LogP contribution in [0.2, 0.25) is 0 Å². The maximum absolute atomic E-state index is 12.3. The van der Waals surface area contributed by atoms with Gasteiger partial charge in [-0.3, -0.25) is 4.79 Å². The molecular weight excluding hydrogens is 224 g/mol. The van der Waals surface area contributed by atoms with Crippen molar-refractivity contribution < 1.29 is 4.79 Å². The molecule has 1 saturated heterocycles. The van der Waals surface area contributed by atoms with Crippen LogP contribution >= 0.6 is 0 Å². The minimum absolute atomic E-state index is 0.364. The number of carbonyl (C=O) groups is 1. The van der Waals surface area contributed by atoms with Crippen molar-refractivity contribution in [3.63, 3.8) is 0 Å². The van der Waals surface area contributed by atoms with E-state index in [0.717, 1.165) is 44.3 Å². The van der Waals surface area contributed by atoms with E-state index < -0.39 is 0 Å². The summed E-state index contributed by atoms with van der Waals surface area (Å²) in [6, 6.07) is 0.364. The molecule has 2 aliphatic rings. The molecule has 1 unspecified atom stereocenters. The molecule has 2 rings (SSSR count). The monoisotopic (exact) mass is 252 g/mol. The van der Waals surface area contributed by atoms with Crippen molar-refractivity contribution in [3.05, 3.63) is 0 Å². The summed E-state index contributed by atoms with van der Waals surface area (Å²) >= 11 is 0. The van der Waals surface area contributed by atoms with Crippen LogP contribution in [0.3, 0.4) is 0 Å². The second kappa shape index (κ2) is 6.55. The summed E-state index contributed by atoms with van der Waals surface area (Å²) in [5, 5.41) is 3.43. The van der Waals surface area contributed by atoms with Gasteiger partial charge in [0.2, 0.25) is 5.91 Å². The zero-order valence-corrected chi connectivity index (χ0v) is 12.0. The van der Waals surface area contributed by atoms with E-state index in [2.05, 4.69) is 24.1 Å². The highest BCUT2D eigenvalue weighted by molar-refractivity contribution is 5.76. The Bertz CT molecular complexity index is 268. The van der Waals surface area contributed by atoms with Gasteiger partial charge in [0.05, 0.1) is 0 Å². The lowest BCUT2D eigenvalue weighted by molar-refractivity contribution is -0.133. The predicted octanol–water partition coefficient (Wildman–Crippen LogP) is 2.41. The number of amides is 1. The van der Waals surface area contributed by atoms with Crippen LogP contribution in [0.25, 0.3) is 0 Å². The molecule has 0 spiro atoms. The topological polar surface area (TPSA) is 32.3 Å². The minimum Gasteiger partial charge on any atom is -0.340 e. The van der Waals surface area contributed by atoms with E-state index in [1.165, 1.54) is 25.7 Å². The summed E-state index contributed by atoms with van der Waals surface area (Å²) in [5.74, 6) is 1.90. The number of hydrogen-bond acceptors (Lipinski definition) is 2. The van der Waals surface area contributed by atoms with Crippen molar-refractivity contribution in [3.8, 4) is 0 Å². The summed E-state index contributed by atoms with van der Waals surface area (Å²) in [6.07, 6.45) is 7.03. The summed E-state index contributed by atoms with van der Waals surface area (Å²) in [6.45, 7) is 7.55. The molecule has 1 aliphatic heterocycles. The number of hydrogen-bond donors (Lipinski definition) is 1. The zero-order chi connectivity index (χ0) is 13.0. The van der Waals surface area contributed by atoms with Gasteiger partial charge in [-0.05, 0) is 70.9 Å². The third kappa shape index (κ3) is 4.27. The van der Waals surface area contributed by atoms with Crippen molar-refractivity contribution >= 4 is 5.91 Å². The highest BCUT2D eigenvalue weighted by Gasteiger charge is 2.28. The summed E-state index contributed by atoms with van der Waals surface area (Å²) in [7, 11) is 0. The Kier molecular flexibility index (Phi) is 5.04. The molecule has 0 aromatic heterocycles. The third-order valence-corrected chi connectivity index (χ3v) is 4.26. The van der Waals surface area contributed by atoms with Gasteiger partial charge in [0.1, 0.15) is 0 Å². The van der Waals surface area contributed by atoms with E-state index in [1.807, 2.05) is 0 Å². The normalized spacial score (nSPS) is 24.3. The molecule has 1 atom stereocenters. The van der Waals surface area contributed by atoms with Gasteiger partial charge in [-0.1, -0.05) is 0 Å². The Hall–Kier alpha value is -0.570. The molecule has 1 heterocycles. The van der Waals surface area contributed by atoms with Crippen LogP contribution in [-0.2, 0) is 4.79 Å². The molecule has 18 heavy (non-hydrogen) atoms. The molecule has 0 bridgehead atoms. The fourth-order valence-electron chi connectivity index (χ4n) is 2.82. The van der Waals surface area contributed by atoms with Crippen LogP contribution in [0.5, 0.6) is 0 Å². The van der Waals surface area contributed by atoms with Crippen LogP contribution in [-0.4, -0.2) is 36.5 Å². The molecule has 0 aromatic rings.